The molecule has 35 heavy (non-hydrogen) atoms. The summed E-state index contributed by atoms with van der Waals surface area (Å²) in [4.78, 5) is 37.5. The summed E-state index contributed by atoms with van der Waals surface area (Å²) >= 11 is 0. The van der Waals surface area contributed by atoms with Gasteiger partial charge >= 0.3 is 12.0 Å². The summed E-state index contributed by atoms with van der Waals surface area (Å²) in [5, 5.41) is 6.39. The number of rotatable bonds is 8. The fourth-order valence-corrected chi connectivity index (χ4v) is 3.77. The number of hydrogen-bond donors (Lipinski definition) is 2. The van der Waals surface area contributed by atoms with Gasteiger partial charge < -0.3 is 24.7 Å². The lowest BCUT2D eigenvalue weighted by molar-refractivity contribution is -0.155. The lowest BCUT2D eigenvalue weighted by Crippen LogP contribution is -2.30. The second-order valence-electron chi connectivity index (χ2n) is 9.83. The van der Waals surface area contributed by atoms with Gasteiger partial charge in [0.25, 0.3) is 0 Å². The molecular formula is C27H31N3O5. The van der Waals surface area contributed by atoms with Crippen molar-refractivity contribution in [1.82, 2.24) is 9.88 Å². The van der Waals surface area contributed by atoms with Crippen molar-refractivity contribution in [3.05, 3.63) is 59.8 Å². The molecule has 1 aliphatic carbocycles. The van der Waals surface area contributed by atoms with Gasteiger partial charge in [-0.15, -0.1) is 0 Å². The Labute approximate surface area is 204 Å². The molecule has 3 aromatic rings. The van der Waals surface area contributed by atoms with E-state index in [4.69, 9.17) is 9.47 Å². The Morgan fingerprint density at radius 1 is 1.09 bits per heavy atom. The molecule has 1 aliphatic rings. The number of ketones is 1. The molecule has 1 saturated carbocycles. The van der Waals surface area contributed by atoms with Crippen molar-refractivity contribution >= 4 is 34.4 Å². The topological polar surface area (TPSA) is 98.7 Å². The first-order chi connectivity index (χ1) is 16.6. The zero-order chi connectivity index (χ0) is 25.2. The normalized spacial score (nSPS) is 13.4. The Morgan fingerprint density at radius 3 is 2.43 bits per heavy atom. The molecule has 2 aromatic carbocycles. The minimum absolute atomic E-state index is 0.0614. The third kappa shape index (κ3) is 6.41. The molecule has 0 atom stereocenters. The van der Waals surface area contributed by atoms with E-state index < -0.39 is 11.6 Å². The van der Waals surface area contributed by atoms with Crippen molar-refractivity contribution in [2.24, 2.45) is 0 Å². The number of fused-ring (bicyclic) bond motifs is 1. The summed E-state index contributed by atoms with van der Waals surface area (Å²) < 4.78 is 13.3. The first kappa shape index (κ1) is 24.3. The number of anilines is 1. The van der Waals surface area contributed by atoms with E-state index in [2.05, 4.69) is 10.6 Å². The fourth-order valence-electron chi connectivity index (χ4n) is 3.77. The van der Waals surface area contributed by atoms with Gasteiger partial charge in [-0.25, -0.2) is 4.79 Å². The number of ether oxygens (including phenoxy) is 2. The number of carbonyl (C=O) groups excluding carboxylic acids is 3. The van der Waals surface area contributed by atoms with E-state index in [0.717, 1.165) is 18.4 Å². The third-order valence-electron chi connectivity index (χ3n) is 5.48. The molecule has 8 nitrogen and oxygen atoms in total. The van der Waals surface area contributed by atoms with Gasteiger partial charge in [0.15, 0.2) is 5.78 Å². The van der Waals surface area contributed by atoms with Crippen LogP contribution in [0.3, 0.4) is 0 Å². The Morgan fingerprint density at radius 2 is 1.80 bits per heavy atom. The minimum Gasteiger partial charge on any atom is -0.487 e. The number of amides is 2. The highest BCUT2D eigenvalue weighted by atomic mass is 16.6. The second kappa shape index (κ2) is 9.82. The van der Waals surface area contributed by atoms with Gasteiger partial charge in [-0.05, 0) is 52.2 Å². The average Bonchev–Trinajstić information content (AvgIpc) is 3.51. The van der Waals surface area contributed by atoms with Crippen LogP contribution in [0, 0.1) is 0 Å². The predicted molar refractivity (Wildman–Crippen MR) is 134 cm³/mol. The number of urea groups is 1. The van der Waals surface area contributed by atoms with E-state index >= 15 is 0 Å². The van der Waals surface area contributed by atoms with Crippen molar-refractivity contribution in [1.29, 1.82) is 0 Å². The predicted octanol–water partition coefficient (Wildman–Crippen LogP) is 5.05. The number of aromatic nitrogens is 1. The minimum atomic E-state index is -0.626. The third-order valence-corrected chi connectivity index (χ3v) is 5.48. The largest absolute Gasteiger partial charge is 0.487 e. The van der Waals surface area contributed by atoms with E-state index in [1.54, 1.807) is 43.7 Å². The molecule has 1 fully saturated rings. The zero-order valence-corrected chi connectivity index (χ0v) is 20.5. The van der Waals surface area contributed by atoms with Crippen molar-refractivity contribution in [3.8, 4) is 5.75 Å². The smallest absolute Gasteiger partial charge is 0.326 e. The van der Waals surface area contributed by atoms with Gasteiger partial charge in [-0.2, -0.15) is 0 Å². The van der Waals surface area contributed by atoms with Crippen LogP contribution in [0.2, 0.25) is 0 Å². The van der Waals surface area contributed by atoms with E-state index in [9.17, 15) is 14.4 Å². The molecule has 0 radical (unpaired) electrons. The fraction of sp³-hybridized carbons (Fsp3) is 0.370. The number of esters is 1. The van der Waals surface area contributed by atoms with Crippen LogP contribution in [0.25, 0.3) is 10.9 Å². The molecule has 0 spiro atoms. The van der Waals surface area contributed by atoms with Crippen LogP contribution in [-0.4, -0.2) is 34.0 Å². The van der Waals surface area contributed by atoms with Crippen molar-refractivity contribution in [2.45, 2.75) is 65.3 Å². The monoisotopic (exact) mass is 477 g/mol. The number of Topliss-reactive ketones (excluding diaryl/α,β-unsaturated/α-hetero) is 1. The lowest BCUT2D eigenvalue weighted by atomic mass is 10.1. The van der Waals surface area contributed by atoms with Crippen molar-refractivity contribution < 1.29 is 23.9 Å². The lowest BCUT2D eigenvalue weighted by Gasteiger charge is -2.20. The van der Waals surface area contributed by atoms with Gasteiger partial charge in [0, 0.05) is 29.3 Å². The molecule has 1 aromatic heterocycles. The van der Waals surface area contributed by atoms with Crippen LogP contribution in [0.5, 0.6) is 5.75 Å². The molecule has 0 unspecified atom stereocenters. The van der Waals surface area contributed by atoms with Crippen molar-refractivity contribution in [2.75, 3.05) is 5.32 Å². The first-order valence-corrected chi connectivity index (χ1v) is 11.7. The molecule has 184 valence electrons. The maximum atomic E-state index is 12.5. The molecule has 2 amide bonds. The molecule has 4 rings (SSSR count). The average molecular weight is 478 g/mol. The molecular weight excluding hydrogens is 446 g/mol. The van der Waals surface area contributed by atoms with E-state index in [1.807, 2.05) is 30.3 Å². The molecule has 0 bridgehead atoms. The molecule has 1 heterocycles. The van der Waals surface area contributed by atoms with Crippen LogP contribution in [0.1, 0.15) is 56.5 Å². The number of hydrogen-bond acceptors (Lipinski definition) is 5. The number of benzene rings is 2. The highest BCUT2D eigenvalue weighted by Crippen LogP contribution is 2.34. The molecule has 2 N–H and O–H groups in total. The highest BCUT2D eigenvalue weighted by Gasteiger charge is 2.25. The van der Waals surface area contributed by atoms with Gasteiger partial charge in [-0.1, -0.05) is 30.3 Å². The van der Waals surface area contributed by atoms with E-state index in [-0.39, 0.29) is 31.0 Å². The summed E-state index contributed by atoms with van der Waals surface area (Å²) in [6.07, 6.45) is 3.57. The summed E-state index contributed by atoms with van der Waals surface area (Å²) in [5.74, 6) is -0.127. The molecule has 8 heteroatoms. The number of carbonyl (C=O) groups is 3. The van der Waals surface area contributed by atoms with Crippen LogP contribution >= 0.6 is 0 Å². The van der Waals surface area contributed by atoms with Gasteiger partial charge in [0.1, 0.15) is 24.5 Å². The highest BCUT2D eigenvalue weighted by molar-refractivity contribution is 6.09. The SMILES string of the molecule is CC(=O)c1cn(CC(=O)OC(C)(C)C)c2cc(OCc3ccccc3)c(NC(=O)NC3CC3)cc12. The Hall–Kier alpha value is -3.81. The maximum Gasteiger partial charge on any atom is 0.326 e. The van der Waals surface area contributed by atoms with E-state index in [0.29, 0.717) is 27.9 Å². The molecule has 0 aliphatic heterocycles. The van der Waals surface area contributed by atoms with Crippen LogP contribution in [0.15, 0.2) is 48.7 Å². The van der Waals surface area contributed by atoms with Crippen LogP contribution in [-0.2, 0) is 22.7 Å². The second-order valence-corrected chi connectivity index (χ2v) is 9.83. The van der Waals surface area contributed by atoms with E-state index in [1.165, 1.54) is 6.92 Å². The number of nitrogens with zero attached hydrogens (tertiary/aromatic N) is 1. The standard InChI is InChI=1S/C27H31N3O5/c1-17(31)21-14-30(15-25(32)35-27(2,3)4)23-13-24(34-16-18-8-6-5-7-9-18)22(12-20(21)23)29-26(33)28-19-10-11-19/h5-9,12-14,19H,10-11,15-16H2,1-4H3,(H2,28,29,33). The molecule has 0 saturated heterocycles. The summed E-state index contributed by atoms with van der Waals surface area (Å²) in [6.45, 7) is 7.12. The Balaban J connectivity index is 1.71. The summed E-state index contributed by atoms with van der Waals surface area (Å²) in [7, 11) is 0. The van der Waals surface area contributed by atoms with Gasteiger partial charge in [0.05, 0.1) is 11.2 Å². The first-order valence-electron chi connectivity index (χ1n) is 11.7. The van der Waals surface area contributed by atoms with Gasteiger partial charge in [0.2, 0.25) is 0 Å². The van der Waals surface area contributed by atoms with Crippen molar-refractivity contribution in [3.63, 3.8) is 0 Å². The van der Waals surface area contributed by atoms with Gasteiger partial charge in [-0.3, -0.25) is 9.59 Å². The van der Waals surface area contributed by atoms with Crippen LogP contribution in [0.4, 0.5) is 10.5 Å². The summed E-state index contributed by atoms with van der Waals surface area (Å²) in [6, 6.07) is 13.0. The quantitative estimate of drug-likeness (QED) is 0.350. The Bertz CT molecular complexity index is 1250. The number of nitrogens with one attached hydrogen (secondary N) is 2. The maximum absolute atomic E-state index is 12.5. The Kier molecular flexibility index (Phi) is 6.82. The summed E-state index contributed by atoms with van der Waals surface area (Å²) in [5.41, 5.74) is 1.87. The zero-order valence-electron chi connectivity index (χ0n) is 20.5. The van der Waals surface area contributed by atoms with Crippen LogP contribution < -0.4 is 15.4 Å².